The number of carbonyl (C=O) groups excluding carboxylic acids is 1. The molecule has 3 heteroatoms. The molecule has 1 amide bonds. The minimum atomic E-state index is -0.418. The van der Waals surface area contributed by atoms with E-state index >= 15 is 0 Å². The maximum absolute atomic E-state index is 11.1. The highest BCUT2D eigenvalue weighted by Gasteiger charge is 2.43. The zero-order valence-electron chi connectivity index (χ0n) is 10.8. The molecule has 0 radical (unpaired) electrons. The number of carbonyl (C=O) groups is 1. The Balaban J connectivity index is 2.47. The number of ether oxygens (including phenoxy) is 1. The van der Waals surface area contributed by atoms with Crippen molar-refractivity contribution in [2.24, 2.45) is 11.1 Å². The van der Waals surface area contributed by atoms with Crippen molar-refractivity contribution < 1.29 is 9.53 Å². The van der Waals surface area contributed by atoms with Crippen molar-refractivity contribution >= 4 is 5.91 Å². The smallest absolute Gasteiger partial charge is 0.248 e. The molecule has 0 saturated carbocycles. The molecule has 0 spiro atoms. The quantitative estimate of drug-likeness (QED) is 0.810. The molecule has 0 saturated heterocycles. The zero-order valence-corrected chi connectivity index (χ0v) is 10.8. The summed E-state index contributed by atoms with van der Waals surface area (Å²) in [5.41, 5.74) is 6.72. The zero-order chi connectivity index (χ0) is 12.8. The molecule has 0 atom stereocenters. The molecule has 1 aromatic carbocycles. The number of hydrogen-bond acceptors (Lipinski definition) is 2. The molecule has 0 fully saturated rings. The Hall–Kier alpha value is -1.51. The van der Waals surface area contributed by atoms with Gasteiger partial charge in [0.1, 0.15) is 11.4 Å². The summed E-state index contributed by atoms with van der Waals surface area (Å²) >= 11 is 0. The van der Waals surface area contributed by atoms with Gasteiger partial charge in [0.05, 0.1) is 0 Å². The fourth-order valence-corrected chi connectivity index (χ4v) is 2.05. The predicted octanol–water partition coefficient (Wildman–Crippen LogP) is 2.53. The van der Waals surface area contributed by atoms with E-state index in [2.05, 4.69) is 27.7 Å². The molecular formula is C14H19NO2. The first-order chi connectivity index (χ1) is 7.73. The van der Waals surface area contributed by atoms with E-state index in [9.17, 15) is 4.79 Å². The summed E-state index contributed by atoms with van der Waals surface area (Å²) in [6.45, 7) is 8.54. The molecule has 1 aromatic rings. The topological polar surface area (TPSA) is 52.3 Å². The molecule has 0 aliphatic carbocycles. The van der Waals surface area contributed by atoms with Crippen LogP contribution < -0.4 is 10.5 Å². The predicted molar refractivity (Wildman–Crippen MR) is 67.2 cm³/mol. The van der Waals surface area contributed by atoms with E-state index in [1.54, 1.807) is 12.1 Å². The number of rotatable bonds is 1. The van der Waals surface area contributed by atoms with Crippen LogP contribution in [0.25, 0.3) is 0 Å². The van der Waals surface area contributed by atoms with Gasteiger partial charge in [-0.15, -0.1) is 0 Å². The van der Waals surface area contributed by atoms with Crippen molar-refractivity contribution in [3.8, 4) is 5.75 Å². The highest BCUT2D eigenvalue weighted by atomic mass is 16.5. The Bertz CT molecular complexity index is 475. The van der Waals surface area contributed by atoms with Crippen molar-refractivity contribution in [2.45, 2.75) is 39.7 Å². The van der Waals surface area contributed by atoms with Crippen LogP contribution in [0.2, 0.25) is 0 Å². The lowest BCUT2D eigenvalue weighted by molar-refractivity contribution is -0.0270. The molecule has 0 aromatic heterocycles. The molecule has 1 heterocycles. The van der Waals surface area contributed by atoms with Crippen LogP contribution in [0.4, 0.5) is 0 Å². The van der Waals surface area contributed by atoms with Gasteiger partial charge in [-0.1, -0.05) is 19.9 Å². The normalized spacial score (nSPS) is 20.2. The Morgan fingerprint density at radius 2 is 1.94 bits per heavy atom. The molecule has 0 bridgehead atoms. The van der Waals surface area contributed by atoms with Gasteiger partial charge in [-0.2, -0.15) is 0 Å². The lowest BCUT2D eigenvalue weighted by Gasteiger charge is -2.46. The minimum Gasteiger partial charge on any atom is -0.487 e. The first-order valence-electron chi connectivity index (χ1n) is 5.85. The molecule has 2 rings (SSSR count). The van der Waals surface area contributed by atoms with Crippen molar-refractivity contribution in [1.82, 2.24) is 0 Å². The third-order valence-corrected chi connectivity index (χ3v) is 3.98. The van der Waals surface area contributed by atoms with Crippen molar-refractivity contribution in [3.63, 3.8) is 0 Å². The number of benzene rings is 1. The third kappa shape index (κ3) is 1.90. The molecular weight excluding hydrogens is 214 g/mol. The molecule has 3 nitrogen and oxygen atoms in total. The summed E-state index contributed by atoms with van der Waals surface area (Å²) in [5, 5.41) is 0. The van der Waals surface area contributed by atoms with Crippen LogP contribution in [0.1, 0.15) is 43.6 Å². The summed E-state index contributed by atoms with van der Waals surface area (Å²) in [5.74, 6) is 0.365. The fraction of sp³-hybridized carbons (Fsp3) is 0.500. The van der Waals surface area contributed by atoms with E-state index in [1.165, 1.54) is 0 Å². The number of amides is 1. The molecule has 0 unspecified atom stereocenters. The molecule has 1 aliphatic rings. The second-order valence-electron chi connectivity index (χ2n) is 5.86. The number of nitrogens with two attached hydrogens (primary N) is 1. The molecule has 92 valence electrons. The average molecular weight is 233 g/mol. The van der Waals surface area contributed by atoms with Crippen LogP contribution in [0.15, 0.2) is 18.2 Å². The minimum absolute atomic E-state index is 0.0637. The van der Waals surface area contributed by atoms with Gasteiger partial charge in [0.25, 0.3) is 0 Å². The summed E-state index contributed by atoms with van der Waals surface area (Å²) in [4.78, 5) is 11.1. The maximum Gasteiger partial charge on any atom is 0.248 e. The van der Waals surface area contributed by atoms with Crippen LogP contribution in [0.5, 0.6) is 5.75 Å². The van der Waals surface area contributed by atoms with Crippen LogP contribution in [0.3, 0.4) is 0 Å². The van der Waals surface area contributed by atoms with Crippen molar-refractivity contribution in [1.29, 1.82) is 0 Å². The fourth-order valence-electron chi connectivity index (χ4n) is 2.05. The highest BCUT2D eigenvalue weighted by Crippen LogP contribution is 2.44. The summed E-state index contributed by atoms with van der Waals surface area (Å²) in [7, 11) is 0. The van der Waals surface area contributed by atoms with Crippen LogP contribution >= 0.6 is 0 Å². The Morgan fingerprint density at radius 3 is 2.53 bits per heavy atom. The second kappa shape index (κ2) is 3.49. The van der Waals surface area contributed by atoms with Crippen LogP contribution in [-0.2, 0) is 6.42 Å². The lowest BCUT2D eigenvalue weighted by atomic mass is 9.71. The molecule has 17 heavy (non-hydrogen) atoms. The van der Waals surface area contributed by atoms with E-state index in [4.69, 9.17) is 10.5 Å². The van der Waals surface area contributed by atoms with E-state index in [0.717, 1.165) is 17.7 Å². The number of hydrogen-bond donors (Lipinski definition) is 1. The number of primary amides is 1. The first kappa shape index (κ1) is 12.0. The van der Waals surface area contributed by atoms with Gasteiger partial charge < -0.3 is 10.5 Å². The van der Waals surface area contributed by atoms with E-state index < -0.39 is 5.91 Å². The Labute approximate surface area is 102 Å². The van der Waals surface area contributed by atoms with Gasteiger partial charge in [0.15, 0.2) is 0 Å². The molecule has 1 aliphatic heterocycles. The highest BCUT2D eigenvalue weighted by molar-refractivity contribution is 5.93. The van der Waals surface area contributed by atoms with E-state index in [-0.39, 0.29) is 11.0 Å². The van der Waals surface area contributed by atoms with Gasteiger partial charge in [0.2, 0.25) is 5.91 Å². The first-order valence-corrected chi connectivity index (χ1v) is 5.85. The summed E-state index contributed by atoms with van der Waals surface area (Å²) < 4.78 is 6.02. The Kier molecular flexibility index (Phi) is 2.45. The largest absolute Gasteiger partial charge is 0.487 e. The summed E-state index contributed by atoms with van der Waals surface area (Å²) in [6.07, 6.45) is 0.939. The van der Waals surface area contributed by atoms with Gasteiger partial charge in [-0.05, 0) is 38.0 Å². The van der Waals surface area contributed by atoms with Crippen molar-refractivity contribution in [2.75, 3.05) is 0 Å². The van der Waals surface area contributed by atoms with Gasteiger partial charge in [-0.25, -0.2) is 0 Å². The monoisotopic (exact) mass is 233 g/mol. The average Bonchev–Trinajstić information content (AvgIpc) is 2.17. The van der Waals surface area contributed by atoms with E-state index in [0.29, 0.717) is 5.56 Å². The van der Waals surface area contributed by atoms with Crippen molar-refractivity contribution in [3.05, 3.63) is 29.3 Å². The van der Waals surface area contributed by atoms with Gasteiger partial charge in [0, 0.05) is 11.0 Å². The maximum atomic E-state index is 11.1. The molecule has 2 N–H and O–H groups in total. The number of fused-ring (bicyclic) bond motifs is 1. The van der Waals surface area contributed by atoms with E-state index in [1.807, 2.05) is 6.07 Å². The lowest BCUT2D eigenvalue weighted by Crippen LogP contribution is -2.48. The van der Waals surface area contributed by atoms with Gasteiger partial charge in [-0.3, -0.25) is 4.79 Å². The standard InChI is InChI=1S/C14H19NO2/c1-13(2)8-10-6-5-9(12(15)16)7-11(10)17-14(13,3)4/h5-7H,8H2,1-4H3,(H2,15,16). The Morgan fingerprint density at radius 1 is 1.29 bits per heavy atom. The van der Waals surface area contributed by atoms with Crippen LogP contribution in [0, 0.1) is 5.41 Å². The summed E-state index contributed by atoms with van der Waals surface area (Å²) in [6, 6.07) is 5.44. The van der Waals surface area contributed by atoms with Crippen LogP contribution in [-0.4, -0.2) is 11.5 Å². The van der Waals surface area contributed by atoms with Gasteiger partial charge >= 0.3 is 0 Å². The second-order valence-corrected chi connectivity index (χ2v) is 5.86. The SMILES string of the molecule is CC1(C)Cc2ccc(C(N)=O)cc2OC1(C)C. The third-order valence-electron chi connectivity index (χ3n) is 3.98.